The number of amides is 2. The fourth-order valence-corrected chi connectivity index (χ4v) is 2.35. The number of benzene rings is 1. The number of fused-ring (bicyclic) bond motifs is 1. The molecule has 20 heavy (non-hydrogen) atoms. The normalized spacial score (nSPS) is 14.2. The van der Waals surface area contributed by atoms with Crippen molar-refractivity contribution in [1.82, 2.24) is 9.80 Å². The molecule has 5 nitrogen and oxygen atoms in total. The number of aliphatic hydroxyl groups is 1. The predicted octanol–water partition coefficient (Wildman–Crippen LogP) is 1.33. The van der Waals surface area contributed by atoms with Crippen LogP contribution in [-0.4, -0.2) is 53.6 Å². The molecule has 0 bridgehead atoms. The highest BCUT2D eigenvalue weighted by Crippen LogP contribution is 2.22. The SMILES string of the molecule is CN(CCCCCO)CN1C(=O)c2ccccc2C1=O. The Balaban J connectivity index is 1.91. The lowest BCUT2D eigenvalue weighted by atomic mass is 10.1. The molecule has 1 aliphatic rings. The minimum Gasteiger partial charge on any atom is -0.396 e. The van der Waals surface area contributed by atoms with Crippen LogP contribution in [0.1, 0.15) is 40.0 Å². The van der Waals surface area contributed by atoms with E-state index in [1.54, 1.807) is 24.3 Å². The van der Waals surface area contributed by atoms with Gasteiger partial charge in [-0.05, 0) is 45.0 Å². The van der Waals surface area contributed by atoms with Crippen LogP contribution in [0.4, 0.5) is 0 Å². The second-order valence-electron chi connectivity index (χ2n) is 5.09. The van der Waals surface area contributed by atoms with Crippen LogP contribution >= 0.6 is 0 Å². The van der Waals surface area contributed by atoms with E-state index in [2.05, 4.69) is 0 Å². The number of nitrogens with zero attached hydrogens (tertiary/aromatic N) is 2. The van der Waals surface area contributed by atoms with E-state index in [4.69, 9.17) is 5.11 Å². The predicted molar refractivity (Wildman–Crippen MR) is 75.4 cm³/mol. The van der Waals surface area contributed by atoms with E-state index in [1.165, 1.54) is 4.90 Å². The first-order valence-electron chi connectivity index (χ1n) is 6.89. The number of imide groups is 1. The van der Waals surface area contributed by atoms with Crippen molar-refractivity contribution in [3.05, 3.63) is 35.4 Å². The molecule has 0 fully saturated rings. The quantitative estimate of drug-likeness (QED) is 0.603. The number of hydrogen-bond acceptors (Lipinski definition) is 4. The smallest absolute Gasteiger partial charge is 0.262 e. The number of unbranched alkanes of at least 4 members (excludes halogenated alkanes) is 2. The Hall–Kier alpha value is -1.72. The first kappa shape index (κ1) is 14.7. The van der Waals surface area contributed by atoms with Crippen molar-refractivity contribution in [3.8, 4) is 0 Å². The molecule has 0 spiro atoms. The Morgan fingerprint density at radius 1 is 1.05 bits per heavy atom. The molecule has 0 saturated carbocycles. The van der Waals surface area contributed by atoms with Crippen molar-refractivity contribution < 1.29 is 14.7 Å². The molecular formula is C15H20N2O3. The molecule has 0 radical (unpaired) electrons. The molecule has 108 valence electrons. The Morgan fingerprint density at radius 2 is 1.65 bits per heavy atom. The van der Waals surface area contributed by atoms with E-state index in [-0.39, 0.29) is 18.4 Å². The zero-order valence-electron chi connectivity index (χ0n) is 11.7. The fraction of sp³-hybridized carbons (Fsp3) is 0.467. The van der Waals surface area contributed by atoms with Crippen LogP contribution in [0.25, 0.3) is 0 Å². The number of carbonyl (C=O) groups excluding carboxylic acids is 2. The molecule has 0 aliphatic carbocycles. The maximum Gasteiger partial charge on any atom is 0.262 e. The monoisotopic (exact) mass is 276 g/mol. The summed E-state index contributed by atoms with van der Waals surface area (Å²) in [5.41, 5.74) is 0.984. The Bertz CT molecular complexity index is 467. The summed E-state index contributed by atoms with van der Waals surface area (Å²) in [4.78, 5) is 27.6. The zero-order valence-corrected chi connectivity index (χ0v) is 11.7. The second-order valence-corrected chi connectivity index (χ2v) is 5.09. The summed E-state index contributed by atoms with van der Waals surface area (Å²) in [5.74, 6) is -0.430. The van der Waals surface area contributed by atoms with Gasteiger partial charge in [0, 0.05) is 6.61 Å². The number of rotatable bonds is 7. The van der Waals surface area contributed by atoms with Crippen molar-refractivity contribution in [2.45, 2.75) is 19.3 Å². The van der Waals surface area contributed by atoms with Gasteiger partial charge in [-0.3, -0.25) is 19.4 Å². The number of hydrogen-bond donors (Lipinski definition) is 1. The maximum atomic E-state index is 12.2. The van der Waals surface area contributed by atoms with Crippen molar-refractivity contribution in [1.29, 1.82) is 0 Å². The highest BCUT2D eigenvalue weighted by molar-refractivity contribution is 6.21. The van der Waals surface area contributed by atoms with Gasteiger partial charge in [0.1, 0.15) is 0 Å². The minimum atomic E-state index is -0.215. The Labute approximate surface area is 118 Å². The van der Waals surface area contributed by atoms with E-state index < -0.39 is 0 Å². The zero-order chi connectivity index (χ0) is 14.5. The van der Waals surface area contributed by atoms with Gasteiger partial charge in [0.25, 0.3) is 11.8 Å². The molecule has 2 amide bonds. The molecule has 1 aromatic rings. The topological polar surface area (TPSA) is 60.9 Å². The third kappa shape index (κ3) is 3.05. The van der Waals surface area contributed by atoms with E-state index in [0.29, 0.717) is 17.8 Å². The van der Waals surface area contributed by atoms with Crippen LogP contribution in [0.5, 0.6) is 0 Å². The molecule has 2 rings (SSSR count). The molecule has 0 atom stereocenters. The van der Waals surface area contributed by atoms with Crippen molar-refractivity contribution in [2.75, 3.05) is 26.9 Å². The van der Waals surface area contributed by atoms with Gasteiger partial charge in [0.05, 0.1) is 17.8 Å². The van der Waals surface area contributed by atoms with Crippen LogP contribution < -0.4 is 0 Å². The van der Waals surface area contributed by atoms with Gasteiger partial charge < -0.3 is 5.11 Å². The van der Waals surface area contributed by atoms with Gasteiger partial charge in [-0.25, -0.2) is 0 Å². The first-order chi connectivity index (χ1) is 9.65. The Morgan fingerprint density at radius 3 is 2.20 bits per heavy atom. The summed E-state index contributed by atoms with van der Waals surface area (Å²) >= 11 is 0. The highest BCUT2D eigenvalue weighted by atomic mass is 16.3. The van der Waals surface area contributed by atoms with E-state index >= 15 is 0 Å². The van der Waals surface area contributed by atoms with Gasteiger partial charge in [-0.15, -0.1) is 0 Å². The average Bonchev–Trinajstić information content (AvgIpc) is 2.69. The molecule has 1 N–H and O–H groups in total. The van der Waals surface area contributed by atoms with Gasteiger partial charge in [-0.2, -0.15) is 0 Å². The van der Waals surface area contributed by atoms with Gasteiger partial charge >= 0.3 is 0 Å². The van der Waals surface area contributed by atoms with E-state index in [0.717, 1.165) is 25.8 Å². The molecule has 0 aromatic heterocycles. The number of aliphatic hydroxyl groups excluding tert-OH is 1. The van der Waals surface area contributed by atoms with Crippen LogP contribution in [-0.2, 0) is 0 Å². The Kier molecular flexibility index (Phi) is 4.87. The third-order valence-corrected chi connectivity index (χ3v) is 3.46. The molecule has 0 saturated heterocycles. The summed E-state index contributed by atoms with van der Waals surface area (Å²) < 4.78 is 0. The van der Waals surface area contributed by atoms with Crippen molar-refractivity contribution in [3.63, 3.8) is 0 Å². The summed E-state index contributed by atoms with van der Waals surface area (Å²) in [5, 5.41) is 8.72. The molecule has 0 unspecified atom stereocenters. The average molecular weight is 276 g/mol. The minimum absolute atomic E-state index is 0.210. The second kappa shape index (κ2) is 6.63. The van der Waals surface area contributed by atoms with Crippen LogP contribution in [0.2, 0.25) is 0 Å². The third-order valence-electron chi connectivity index (χ3n) is 3.46. The van der Waals surface area contributed by atoms with Crippen LogP contribution in [0.15, 0.2) is 24.3 Å². The van der Waals surface area contributed by atoms with Gasteiger partial charge in [0.15, 0.2) is 0 Å². The maximum absolute atomic E-state index is 12.2. The summed E-state index contributed by atoms with van der Waals surface area (Å²) in [6.45, 7) is 1.32. The fourth-order valence-electron chi connectivity index (χ4n) is 2.35. The molecular weight excluding hydrogens is 256 g/mol. The first-order valence-corrected chi connectivity index (χ1v) is 6.89. The largest absolute Gasteiger partial charge is 0.396 e. The number of carbonyl (C=O) groups is 2. The molecule has 1 aromatic carbocycles. The summed E-state index contributed by atoms with van der Waals surface area (Å²) in [6.07, 6.45) is 2.68. The van der Waals surface area contributed by atoms with Crippen LogP contribution in [0, 0.1) is 0 Å². The lowest BCUT2D eigenvalue weighted by molar-refractivity contribution is 0.0564. The van der Waals surface area contributed by atoms with Crippen molar-refractivity contribution >= 4 is 11.8 Å². The lowest BCUT2D eigenvalue weighted by Crippen LogP contribution is -2.39. The molecule has 5 heteroatoms. The van der Waals surface area contributed by atoms with E-state index in [9.17, 15) is 9.59 Å². The van der Waals surface area contributed by atoms with Gasteiger partial charge in [-0.1, -0.05) is 12.1 Å². The van der Waals surface area contributed by atoms with Crippen LogP contribution in [0.3, 0.4) is 0 Å². The summed E-state index contributed by atoms with van der Waals surface area (Å²) in [7, 11) is 1.89. The van der Waals surface area contributed by atoms with Crippen molar-refractivity contribution in [2.24, 2.45) is 0 Å². The molecule has 1 heterocycles. The standard InChI is InChI=1S/C15H20N2O3/c1-16(9-5-2-6-10-18)11-17-14(19)12-7-3-4-8-13(12)15(17)20/h3-4,7-8,18H,2,5-6,9-11H2,1H3. The van der Waals surface area contributed by atoms with Gasteiger partial charge in [0.2, 0.25) is 0 Å². The summed E-state index contributed by atoms with van der Waals surface area (Å²) in [6, 6.07) is 6.92. The van der Waals surface area contributed by atoms with E-state index in [1.807, 2.05) is 11.9 Å². The highest BCUT2D eigenvalue weighted by Gasteiger charge is 2.35. The lowest BCUT2D eigenvalue weighted by Gasteiger charge is -2.22. The molecule has 1 aliphatic heterocycles.